The Bertz CT molecular complexity index is 1030. The second kappa shape index (κ2) is 9.53. The van der Waals surface area contributed by atoms with E-state index in [0.717, 1.165) is 29.8 Å². The highest BCUT2D eigenvalue weighted by Crippen LogP contribution is 2.40. The van der Waals surface area contributed by atoms with Crippen LogP contribution in [0.3, 0.4) is 0 Å². The van der Waals surface area contributed by atoms with Crippen LogP contribution < -0.4 is 4.90 Å². The molecule has 0 spiro atoms. The van der Waals surface area contributed by atoms with Gasteiger partial charge < -0.3 is 4.55 Å². The van der Waals surface area contributed by atoms with Crippen LogP contribution >= 0.6 is 0 Å². The molecule has 1 heterocycles. The Hall–Kier alpha value is -1.90. The maximum atomic E-state index is 12.9. The quantitative estimate of drug-likeness (QED) is 0.634. The van der Waals surface area contributed by atoms with Crippen LogP contribution in [0.2, 0.25) is 0 Å². The molecule has 8 heteroatoms. The minimum absolute atomic E-state index is 0.0680. The predicted octanol–water partition coefficient (Wildman–Crippen LogP) is 5.06. The van der Waals surface area contributed by atoms with E-state index in [1.807, 2.05) is 13.8 Å². The maximum Gasteiger partial charge on any atom is 0.416 e. The van der Waals surface area contributed by atoms with Crippen molar-refractivity contribution >= 4 is 15.8 Å². The number of aryl methyl sites for hydroxylation is 1. The van der Waals surface area contributed by atoms with E-state index in [0.29, 0.717) is 5.92 Å². The van der Waals surface area contributed by atoms with Gasteiger partial charge in [0.15, 0.2) is 0 Å². The first-order valence-electron chi connectivity index (χ1n) is 10.7. The van der Waals surface area contributed by atoms with Gasteiger partial charge in [0, 0.05) is 11.5 Å². The van der Waals surface area contributed by atoms with Crippen LogP contribution in [-0.2, 0) is 16.3 Å². The van der Waals surface area contributed by atoms with Crippen LogP contribution in [0, 0.1) is 12.8 Å². The van der Waals surface area contributed by atoms with Crippen molar-refractivity contribution in [2.75, 3.05) is 6.54 Å². The lowest BCUT2D eigenvalue weighted by molar-refractivity contribution is -0.881. The summed E-state index contributed by atoms with van der Waals surface area (Å²) in [7, 11) is -4.27. The van der Waals surface area contributed by atoms with Crippen molar-refractivity contribution in [1.82, 2.24) is 0 Å². The average molecular weight is 472 g/mol. The van der Waals surface area contributed by atoms with Crippen LogP contribution in [0.5, 0.6) is 0 Å². The highest BCUT2D eigenvalue weighted by Gasteiger charge is 2.48. The van der Waals surface area contributed by atoms with Gasteiger partial charge in [0.2, 0.25) is 0 Å². The summed E-state index contributed by atoms with van der Waals surface area (Å²) in [4.78, 5) is 1.13. The number of quaternary nitrogens is 1. The van der Waals surface area contributed by atoms with Crippen molar-refractivity contribution in [2.45, 2.75) is 70.5 Å². The van der Waals surface area contributed by atoms with E-state index in [9.17, 15) is 26.1 Å². The first kappa shape index (κ1) is 26.4. The van der Waals surface area contributed by atoms with Gasteiger partial charge in [-0.3, -0.25) is 4.90 Å². The molecule has 2 aromatic carbocycles. The summed E-state index contributed by atoms with van der Waals surface area (Å²) in [5.74, 6) is 0.721. The van der Waals surface area contributed by atoms with Gasteiger partial charge in [-0.15, -0.1) is 0 Å². The highest BCUT2D eigenvalue weighted by molar-refractivity contribution is 7.85. The minimum atomic E-state index is -4.27. The molecule has 0 amide bonds. The molecule has 1 aliphatic heterocycles. The standard InChI is InChI=1S/C17H24F3N.C7H8O3S/c1-11(2)8-9-21-15-7-6-13(17(18,19)20)10-14(15)12(3)16(21,4)5;1-6-2-4-7(5-3-6)11(8,9)10/h6-7,10-12H,8-9H2,1-5H3;2-5H,1H3,(H,8,9,10). The molecule has 0 bridgehead atoms. The average Bonchev–Trinajstić information content (AvgIpc) is 2.85. The molecule has 1 N–H and O–H groups in total. The van der Waals surface area contributed by atoms with Crippen molar-refractivity contribution in [3.8, 4) is 0 Å². The lowest BCUT2D eigenvalue weighted by atomic mass is 9.86. The largest absolute Gasteiger partial charge is 0.744 e. The lowest BCUT2D eigenvalue weighted by Crippen LogP contribution is -3.14. The van der Waals surface area contributed by atoms with Crippen LogP contribution in [-0.4, -0.2) is 25.1 Å². The zero-order valence-corrected chi connectivity index (χ0v) is 20.2. The van der Waals surface area contributed by atoms with E-state index in [2.05, 4.69) is 27.7 Å². The van der Waals surface area contributed by atoms with Crippen molar-refractivity contribution in [2.24, 2.45) is 5.92 Å². The minimum Gasteiger partial charge on any atom is -0.744 e. The van der Waals surface area contributed by atoms with E-state index in [-0.39, 0.29) is 16.4 Å². The monoisotopic (exact) mass is 471 g/mol. The van der Waals surface area contributed by atoms with E-state index in [4.69, 9.17) is 0 Å². The number of alkyl halides is 3. The normalized spacial score (nSPS) is 20.0. The van der Waals surface area contributed by atoms with Gasteiger partial charge in [0.25, 0.3) is 0 Å². The van der Waals surface area contributed by atoms with Crippen LogP contribution in [0.1, 0.15) is 63.6 Å². The Morgan fingerprint density at radius 2 is 1.66 bits per heavy atom. The van der Waals surface area contributed by atoms with Crippen LogP contribution in [0.25, 0.3) is 0 Å². The molecular formula is C24H32F3NO3S. The van der Waals surface area contributed by atoms with Crippen molar-refractivity contribution in [1.29, 1.82) is 0 Å². The molecule has 0 aromatic heterocycles. The fourth-order valence-electron chi connectivity index (χ4n) is 3.96. The summed E-state index contributed by atoms with van der Waals surface area (Å²) in [5.41, 5.74) is 2.22. The number of hydrogen-bond acceptors (Lipinski definition) is 3. The van der Waals surface area contributed by atoms with Gasteiger partial charge in [0.05, 0.1) is 17.0 Å². The summed E-state index contributed by atoms with van der Waals surface area (Å²) in [6.07, 6.45) is -3.19. The molecule has 0 saturated carbocycles. The SMILES string of the molecule is CC(C)CC[NH+]1c2ccc(C(F)(F)F)cc2C(C)C1(C)C.Cc1ccc(S(=O)(=O)[O-])cc1. The van der Waals surface area contributed by atoms with Crippen molar-refractivity contribution in [3.05, 3.63) is 59.2 Å². The second-order valence-corrected chi connectivity index (χ2v) is 10.8. The number of rotatable bonds is 4. The Kier molecular flexibility index (Phi) is 7.85. The summed E-state index contributed by atoms with van der Waals surface area (Å²) in [6, 6.07) is 10.0. The molecule has 2 unspecified atom stereocenters. The zero-order chi connectivity index (χ0) is 24.5. The lowest BCUT2D eigenvalue weighted by Gasteiger charge is -2.32. The molecular weight excluding hydrogens is 439 g/mol. The number of nitrogens with one attached hydrogen (secondary N) is 1. The van der Waals surface area contributed by atoms with Gasteiger partial charge >= 0.3 is 6.18 Å². The first-order chi connectivity index (χ1) is 14.5. The van der Waals surface area contributed by atoms with Crippen LogP contribution in [0.4, 0.5) is 18.9 Å². The zero-order valence-electron chi connectivity index (χ0n) is 19.4. The Morgan fingerprint density at radius 3 is 2.12 bits per heavy atom. The van der Waals surface area contributed by atoms with Gasteiger partial charge in [0.1, 0.15) is 21.3 Å². The molecule has 32 heavy (non-hydrogen) atoms. The molecule has 1 aliphatic rings. The number of benzene rings is 2. The Balaban J connectivity index is 0.000000278. The van der Waals surface area contributed by atoms with Gasteiger partial charge in [-0.1, -0.05) is 38.5 Å². The van der Waals surface area contributed by atoms with E-state index in [1.54, 1.807) is 18.2 Å². The molecule has 4 nitrogen and oxygen atoms in total. The predicted molar refractivity (Wildman–Crippen MR) is 118 cm³/mol. The molecule has 178 valence electrons. The maximum absolute atomic E-state index is 12.9. The molecule has 0 aliphatic carbocycles. The van der Waals surface area contributed by atoms with Gasteiger partial charge in [-0.25, -0.2) is 8.42 Å². The molecule has 3 rings (SSSR count). The molecule has 0 saturated heterocycles. The third-order valence-corrected chi connectivity index (χ3v) is 7.16. The van der Waals surface area contributed by atoms with Crippen LogP contribution in [0.15, 0.2) is 47.4 Å². The summed E-state index contributed by atoms with van der Waals surface area (Å²) in [5, 5.41) is 0. The number of fused-ring (bicyclic) bond motifs is 1. The van der Waals surface area contributed by atoms with Gasteiger partial charge in [-0.05, 0) is 63.4 Å². The van der Waals surface area contributed by atoms with E-state index < -0.39 is 21.9 Å². The fraction of sp³-hybridized carbons (Fsp3) is 0.500. The topological polar surface area (TPSA) is 61.6 Å². The Morgan fingerprint density at radius 1 is 1.09 bits per heavy atom. The van der Waals surface area contributed by atoms with Crippen molar-refractivity contribution < 1.29 is 31.0 Å². The summed E-state index contributed by atoms with van der Waals surface area (Å²) in [6.45, 7) is 13.5. The Labute approximate surface area is 189 Å². The van der Waals surface area contributed by atoms with E-state index >= 15 is 0 Å². The molecule has 2 atom stereocenters. The van der Waals surface area contributed by atoms with Gasteiger partial charge in [-0.2, -0.15) is 13.2 Å². The fourth-order valence-corrected chi connectivity index (χ4v) is 4.43. The number of halogens is 3. The van der Waals surface area contributed by atoms with Crippen molar-refractivity contribution in [3.63, 3.8) is 0 Å². The summed E-state index contributed by atoms with van der Waals surface area (Å²) < 4.78 is 69.9. The third-order valence-electron chi connectivity index (χ3n) is 6.31. The summed E-state index contributed by atoms with van der Waals surface area (Å²) >= 11 is 0. The first-order valence-corrected chi connectivity index (χ1v) is 12.1. The second-order valence-electron chi connectivity index (χ2n) is 9.42. The van der Waals surface area contributed by atoms with E-state index in [1.165, 1.54) is 29.2 Å². The molecule has 0 fully saturated rings. The molecule has 2 aromatic rings. The molecule has 0 radical (unpaired) electrons. The smallest absolute Gasteiger partial charge is 0.416 e. The highest BCUT2D eigenvalue weighted by atomic mass is 32.2. The third kappa shape index (κ3) is 6.11. The number of hydrogen-bond donors (Lipinski definition) is 1.